The summed E-state index contributed by atoms with van der Waals surface area (Å²) in [5.41, 5.74) is -0.977. The topological polar surface area (TPSA) is 67.8 Å². The fourth-order valence-corrected chi connectivity index (χ4v) is 1.20. The second-order valence-electron chi connectivity index (χ2n) is 2.78. The number of carbonyl (C=O) groups excluding carboxylic acids is 1. The van der Waals surface area contributed by atoms with Gasteiger partial charge in [0.15, 0.2) is 5.72 Å². The minimum absolute atomic E-state index is 0.268. The number of cyclic esters (lactones) is 1. The fourth-order valence-electron chi connectivity index (χ4n) is 1.20. The van der Waals surface area contributed by atoms with E-state index in [0.717, 1.165) is 0 Å². The van der Waals surface area contributed by atoms with Crippen LogP contribution in [0.1, 0.15) is 13.3 Å². The first kappa shape index (κ1) is 9.28. The molecule has 0 saturated carbocycles. The maximum absolute atomic E-state index is 10.8. The van der Waals surface area contributed by atoms with Gasteiger partial charge in [-0.05, 0) is 6.92 Å². The molecule has 1 aliphatic heterocycles. The van der Waals surface area contributed by atoms with Gasteiger partial charge >= 0.3 is 6.09 Å². The molecule has 0 spiro atoms. The van der Waals surface area contributed by atoms with Crippen molar-refractivity contribution < 1.29 is 19.4 Å². The van der Waals surface area contributed by atoms with Gasteiger partial charge in [-0.3, -0.25) is 5.32 Å². The summed E-state index contributed by atoms with van der Waals surface area (Å²) in [5.74, 6) is 0. The minimum Gasteiger partial charge on any atom is -0.449 e. The quantitative estimate of drug-likeness (QED) is 0.612. The van der Waals surface area contributed by atoms with E-state index in [-0.39, 0.29) is 6.61 Å². The summed E-state index contributed by atoms with van der Waals surface area (Å²) in [4.78, 5) is 10.8. The third-order valence-electron chi connectivity index (χ3n) is 2.06. The summed E-state index contributed by atoms with van der Waals surface area (Å²) >= 11 is 0. The van der Waals surface area contributed by atoms with Gasteiger partial charge < -0.3 is 14.6 Å². The predicted octanol–water partition coefficient (Wildman–Crippen LogP) is -0.160. The zero-order chi connectivity index (χ0) is 9.19. The van der Waals surface area contributed by atoms with Gasteiger partial charge in [0.1, 0.15) is 0 Å². The first-order valence-electron chi connectivity index (χ1n) is 3.79. The molecule has 0 aromatic rings. The van der Waals surface area contributed by atoms with Crippen LogP contribution < -0.4 is 5.32 Å². The van der Waals surface area contributed by atoms with Crippen LogP contribution in [0, 0.1) is 0 Å². The van der Waals surface area contributed by atoms with Crippen LogP contribution in [0.2, 0.25) is 0 Å². The number of amides is 1. The van der Waals surface area contributed by atoms with Gasteiger partial charge in [-0.1, -0.05) is 0 Å². The smallest absolute Gasteiger partial charge is 0.409 e. The van der Waals surface area contributed by atoms with E-state index < -0.39 is 17.9 Å². The molecule has 0 aromatic carbocycles. The van der Waals surface area contributed by atoms with E-state index in [0.29, 0.717) is 6.42 Å². The molecular weight excluding hydrogens is 162 g/mol. The summed E-state index contributed by atoms with van der Waals surface area (Å²) in [6.45, 7) is 1.83. The minimum atomic E-state index is -0.977. The molecule has 1 saturated heterocycles. The van der Waals surface area contributed by atoms with Crippen LogP contribution in [0.25, 0.3) is 0 Å². The molecule has 1 fully saturated rings. The molecule has 0 aliphatic carbocycles. The van der Waals surface area contributed by atoms with Gasteiger partial charge in [0, 0.05) is 13.5 Å². The monoisotopic (exact) mass is 175 g/mol. The molecule has 1 amide bonds. The lowest BCUT2D eigenvalue weighted by Gasteiger charge is -2.38. The molecular formula is C7H13NO4. The molecule has 2 unspecified atom stereocenters. The molecule has 2 atom stereocenters. The first-order valence-corrected chi connectivity index (χ1v) is 3.79. The molecule has 70 valence electrons. The van der Waals surface area contributed by atoms with Crippen LogP contribution in [0.4, 0.5) is 4.79 Å². The predicted molar refractivity (Wildman–Crippen MR) is 40.5 cm³/mol. The molecule has 12 heavy (non-hydrogen) atoms. The van der Waals surface area contributed by atoms with E-state index in [1.807, 2.05) is 0 Å². The Morgan fingerprint density at radius 1 is 1.83 bits per heavy atom. The first-order chi connectivity index (χ1) is 5.60. The van der Waals surface area contributed by atoms with Gasteiger partial charge in [0.25, 0.3) is 0 Å². The summed E-state index contributed by atoms with van der Waals surface area (Å²) in [6, 6.07) is 0. The van der Waals surface area contributed by atoms with Crippen molar-refractivity contribution in [3.63, 3.8) is 0 Å². The van der Waals surface area contributed by atoms with E-state index >= 15 is 0 Å². The second-order valence-corrected chi connectivity index (χ2v) is 2.78. The molecule has 0 bridgehead atoms. The standard InChI is InChI=1S/C7H13NO4/c1-5(9)7(11-2)3-4-12-6(10)8-7/h5,9H,3-4H2,1-2H3,(H,8,10). The Hall–Kier alpha value is -0.810. The zero-order valence-corrected chi connectivity index (χ0v) is 7.16. The SMILES string of the molecule is COC1(C(C)O)CCOC(=O)N1. The van der Waals surface area contributed by atoms with Crippen LogP contribution >= 0.6 is 0 Å². The van der Waals surface area contributed by atoms with Crippen LogP contribution in [0.5, 0.6) is 0 Å². The van der Waals surface area contributed by atoms with Crippen LogP contribution in [-0.4, -0.2) is 36.7 Å². The van der Waals surface area contributed by atoms with Gasteiger partial charge in [-0.15, -0.1) is 0 Å². The number of nitrogens with one attached hydrogen (secondary N) is 1. The third-order valence-corrected chi connectivity index (χ3v) is 2.06. The van der Waals surface area contributed by atoms with Gasteiger partial charge in [0.05, 0.1) is 12.7 Å². The number of hydrogen-bond donors (Lipinski definition) is 2. The van der Waals surface area contributed by atoms with Crippen molar-refractivity contribution in [3.8, 4) is 0 Å². The molecule has 1 heterocycles. The Balaban J connectivity index is 2.71. The van der Waals surface area contributed by atoms with E-state index in [1.54, 1.807) is 6.92 Å². The lowest BCUT2D eigenvalue weighted by molar-refractivity contribution is -0.138. The van der Waals surface area contributed by atoms with Crippen molar-refractivity contribution in [3.05, 3.63) is 0 Å². The Kier molecular flexibility index (Phi) is 2.54. The van der Waals surface area contributed by atoms with E-state index in [4.69, 9.17) is 4.74 Å². The van der Waals surface area contributed by atoms with Crippen molar-refractivity contribution >= 4 is 6.09 Å². The van der Waals surface area contributed by atoms with E-state index in [9.17, 15) is 9.90 Å². The molecule has 0 radical (unpaired) electrons. The number of aliphatic hydroxyl groups is 1. The lowest BCUT2D eigenvalue weighted by Crippen LogP contribution is -2.60. The van der Waals surface area contributed by atoms with E-state index in [1.165, 1.54) is 7.11 Å². The largest absolute Gasteiger partial charge is 0.449 e. The number of methoxy groups -OCH3 is 1. The van der Waals surface area contributed by atoms with Crippen molar-refractivity contribution in [1.29, 1.82) is 0 Å². The normalized spacial score (nSPS) is 32.1. The Morgan fingerprint density at radius 2 is 2.50 bits per heavy atom. The lowest BCUT2D eigenvalue weighted by atomic mass is 10.0. The average molecular weight is 175 g/mol. The van der Waals surface area contributed by atoms with Crippen molar-refractivity contribution in [2.75, 3.05) is 13.7 Å². The highest BCUT2D eigenvalue weighted by Crippen LogP contribution is 2.20. The van der Waals surface area contributed by atoms with Crippen molar-refractivity contribution in [2.45, 2.75) is 25.2 Å². The third kappa shape index (κ3) is 1.51. The number of alkyl carbamates (subject to hydrolysis) is 1. The zero-order valence-electron chi connectivity index (χ0n) is 7.16. The number of rotatable bonds is 2. The van der Waals surface area contributed by atoms with Crippen LogP contribution in [0.3, 0.4) is 0 Å². The number of aliphatic hydroxyl groups excluding tert-OH is 1. The molecule has 0 aromatic heterocycles. The molecule has 1 aliphatic rings. The van der Waals surface area contributed by atoms with E-state index in [2.05, 4.69) is 10.1 Å². The van der Waals surface area contributed by atoms with Gasteiger partial charge in [-0.2, -0.15) is 0 Å². The molecule has 5 heteroatoms. The highest BCUT2D eigenvalue weighted by molar-refractivity contribution is 5.68. The Morgan fingerprint density at radius 3 is 2.83 bits per heavy atom. The molecule has 5 nitrogen and oxygen atoms in total. The molecule has 1 rings (SSSR count). The van der Waals surface area contributed by atoms with Gasteiger partial charge in [-0.25, -0.2) is 4.79 Å². The van der Waals surface area contributed by atoms with Crippen LogP contribution in [-0.2, 0) is 9.47 Å². The summed E-state index contributed by atoms with van der Waals surface area (Å²) < 4.78 is 9.69. The number of hydrogen-bond acceptors (Lipinski definition) is 4. The second kappa shape index (κ2) is 3.28. The molecule has 2 N–H and O–H groups in total. The van der Waals surface area contributed by atoms with Gasteiger partial charge in [0.2, 0.25) is 0 Å². The Labute approximate surface area is 70.7 Å². The summed E-state index contributed by atoms with van der Waals surface area (Å²) in [5, 5.41) is 11.8. The highest BCUT2D eigenvalue weighted by atomic mass is 16.6. The maximum Gasteiger partial charge on any atom is 0.409 e. The van der Waals surface area contributed by atoms with Crippen LogP contribution in [0.15, 0.2) is 0 Å². The average Bonchev–Trinajstić information content (AvgIpc) is 2.04. The van der Waals surface area contributed by atoms with Crippen molar-refractivity contribution in [2.24, 2.45) is 0 Å². The maximum atomic E-state index is 10.8. The Bertz CT molecular complexity index is 182. The summed E-state index contributed by atoms with van der Waals surface area (Å²) in [7, 11) is 1.44. The summed E-state index contributed by atoms with van der Waals surface area (Å²) in [6.07, 6.45) is -0.855. The van der Waals surface area contributed by atoms with Crippen molar-refractivity contribution in [1.82, 2.24) is 5.32 Å². The highest BCUT2D eigenvalue weighted by Gasteiger charge is 2.40. The fraction of sp³-hybridized carbons (Fsp3) is 0.857. The number of ether oxygens (including phenoxy) is 2. The number of carbonyl (C=O) groups is 1.